The predicted octanol–water partition coefficient (Wildman–Crippen LogP) is 3.83. The van der Waals surface area contributed by atoms with Crippen LogP contribution in [-0.2, 0) is 11.2 Å². The summed E-state index contributed by atoms with van der Waals surface area (Å²) >= 11 is 0. The molecule has 28 heavy (non-hydrogen) atoms. The van der Waals surface area contributed by atoms with E-state index in [0.29, 0.717) is 28.5 Å². The summed E-state index contributed by atoms with van der Waals surface area (Å²) in [6.07, 6.45) is 3.63. The van der Waals surface area contributed by atoms with Crippen molar-refractivity contribution in [3.8, 4) is 11.5 Å². The van der Waals surface area contributed by atoms with Crippen molar-refractivity contribution >= 4 is 22.7 Å². The predicted molar refractivity (Wildman–Crippen MR) is 103 cm³/mol. The van der Waals surface area contributed by atoms with Gasteiger partial charge < -0.3 is 14.2 Å². The largest absolute Gasteiger partial charge is 0.461 e. The molecule has 1 saturated carbocycles. The molecule has 4 aromatic rings. The van der Waals surface area contributed by atoms with Crippen molar-refractivity contribution in [2.45, 2.75) is 25.2 Å². The molecule has 0 saturated heterocycles. The van der Waals surface area contributed by atoms with Gasteiger partial charge in [-0.15, -0.1) is 0 Å². The maximum Gasteiger partial charge on any atom is 0.230 e. The van der Waals surface area contributed by atoms with E-state index in [4.69, 9.17) is 8.83 Å². The number of carbonyl (C=O) groups is 1. The Morgan fingerprint density at radius 2 is 2.07 bits per heavy atom. The molecular weight excluding hydrogens is 358 g/mol. The van der Waals surface area contributed by atoms with E-state index < -0.39 is 0 Å². The fourth-order valence-electron chi connectivity index (χ4n) is 3.30. The number of nitrogens with zero attached hydrogens (tertiary/aromatic N) is 1. The quantitative estimate of drug-likeness (QED) is 0.552. The molecule has 0 bridgehead atoms. The van der Waals surface area contributed by atoms with E-state index in [1.165, 1.54) is 6.26 Å². The molecular formula is C21H17N3O4. The molecule has 2 N–H and O–H groups in total. The molecule has 7 heteroatoms. The summed E-state index contributed by atoms with van der Waals surface area (Å²) in [6.45, 7) is 0. The molecule has 3 heterocycles. The van der Waals surface area contributed by atoms with E-state index in [9.17, 15) is 9.59 Å². The number of fused-ring (bicyclic) bond motifs is 1. The summed E-state index contributed by atoms with van der Waals surface area (Å²) in [5.74, 6) is 1.29. The summed E-state index contributed by atoms with van der Waals surface area (Å²) < 4.78 is 11.3. The molecule has 1 fully saturated rings. The van der Waals surface area contributed by atoms with Gasteiger partial charge in [0.2, 0.25) is 5.91 Å². The van der Waals surface area contributed by atoms with Crippen molar-refractivity contribution in [3.05, 3.63) is 70.2 Å². The van der Waals surface area contributed by atoms with Gasteiger partial charge in [-0.3, -0.25) is 14.7 Å². The molecule has 5 rings (SSSR count). The van der Waals surface area contributed by atoms with Crippen LogP contribution in [-0.4, -0.2) is 16.1 Å². The second-order valence-electron chi connectivity index (χ2n) is 6.92. The molecule has 1 aliphatic rings. The Morgan fingerprint density at radius 1 is 1.21 bits per heavy atom. The number of aromatic nitrogens is 2. The fourth-order valence-corrected chi connectivity index (χ4v) is 3.30. The third-order valence-corrected chi connectivity index (χ3v) is 4.86. The first-order valence-electron chi connectivity index (χ1n) is 9.13. The Kier molecular flexibility index (Phi) is 3.86. The third kappa shape index (κ3) is 3.00. The van der Waals surface area contributed by atoms with E-state index in [1.807, 2.05) is 6.07 Å². The highest BCUT2D eigenvalue weighted by molar-refractivity contribution is 5.93. The molecule has 140 valence electrons. The zero-order valence-electron chi connectivity index (χ0n) is 14.9. The van der Waals surface area contributed by atoms with Crippen molar-refractivity contribution in [2.24, 2.45) is 0 Å². The number of hydrogen-bond donors (Lipinski definition) is 2. The lowest BCUT2D eigenvalue weighted by atomic mass is 10.1. The molecule has 3 aromatic heterocycles. The summed E-state index contributed by atoms with van der Waals surface area (Å²) in [5, 5.41) is 10.2. The number of carbonyl (C=O) groups excluding carboxylic acids is 1. The van der Waals surface area contributed by atoms with Gasteiger partial charge in [0, 0.05) is 17.7 Å². The second kappa shape index (κ2) is 6.53. The van der Waals surface area contributed by atoms with Gasteiger partial charge in [-0.1, -0.05) is 12.1 Å². The number of anilines is 1. The van der Waals surface area contributed by atoms with Crippen LogP contribution in [0.1, 0.15) is 30.0 Å². The van der Waals surface area contributed by atoms with Gasteiger partial charge in [0.05, 0.1) is 23.6 Å². The zero-order valence-corrected chi connectivity index (χ0v) is 14.9. The molecule has 7 nitrogen and oxygen atoms in total. The molecule has 1 aromatic carbocycles. The highest BCUT2D eigenvalue weighted by atomic mass is 16.4. The number of H-pyrrole nitrogens is 1. The molecule has 1 amide bonds. The van der Waals surface area contributed by atoms with Crippen LogP contribution in [0.4, 0.5) is 5.82 Å². The normalized spacial score (nSPS) is 13.7. The lowest BCUT2D eigenvalue weighted by molar-refractivity contribution is -0.115. The molecule has 0 spiro atoms. The lowest BCUT2D eigenvalue weighted by Crippen LogP contribution is -2.21. The first-order chi connectivity index (χ1) is 13.7. The molecule has 1 aliphatic carbocycles. The second-order valence-corrected chi connectivity index (χ2v) is 6.92. The van der Waals surface area contributed by atoms with Crippen molar-refractivity contribution < 1.29 is 13.6 Å². The number of benzene rings is 1. The SMILES string of the molecule is O=C(Cc1c(-c2ccco2)oc2ccccc2c1=O)Nc1cc(C2CC2)[nH]n1. The van der Waals surface area contributed by atoms with Gasteiger partial charge in [0.25, 0.3) is 0 Å². The minimum Gasteiger partial charge on any atom is -0.461 e. The molecule has 0 atom stereocenters. The number of rotatable bonds is 5. The third-order valence-electron chi connectivity index (χ3n) is 4.86. The van der Waals surface area contributed by atoms with Gasteiger partial charge >= 0.3 is 0 Å². The van der Waals surface area contributed by atoms with E-state index in [-0.39, 0.29) is 29.1 Å². The summed E-state index contributed by atoms with van der Waals surface area (Å²) in [5.41, 5.74) is 1.48. The zero-order chi connectivity index (χ0) is 19.1. The monoisotopic (exact) mass is 375 g/mol. The summed E-state index contributed by atoms with van der Waals surface area (Å²) in [7, 11) is 0. The van der Waals surface area contributed by atoms with Crippen molar-refractivity contribution in [1.82, 2.24) is 10.2 Å². The number of nitrogens with one attached hydrogen (secondary N) is 2. The highest BCUT2D eigenvalue weighted by Gasteiger charge is 2.26. The Morgan fingerprint density at radius 3 is 2.86 bits per heavy atom. The maximum atomic E-state index is 13.0. The Balaban J connectivity index is 1.49. The van der Waals surface area contributed by atoms with Crippen LogP contribution >= 0.6 is 0 Å². The van der Waals surface area contributed by atoms with Crippen LogP contribution in [0.5, 0.6) is 0 Å². The topological polar surface area (TPSA) is 101 Å². The number of para-hydroxylation sites is 1. The van der Waals surface area contributed by atoms with Gasteiger partial charge in [-0.05, 0) is 37.1 Å². The highest BCUT2D eigenvalue weighted by Crippen LogP contribution is 2.39. The lowest BCUT2D eigenvalue weighted by Gasteiger charge is -2.08. The standard InChI is InChI=1S/C21H17N3O4/c25-19(22-18-11-15(23-24-18)12-7-8-12)10-14-20(26)13-4-1-2-5-16(13)28-21(14)17-6-3-9-27-17/h1-6,9,11-12H,7-8,10H2,(H2,22,23,24,25). The van der Waals surface area contributed by atoms with Gasteiger partial charge in [0.1, 0.15) is 5.58 Å². The van der Waals surface area contributed by atoms with E-state index in [0.717, 1.165) is 18.5 Å². The van der Waals surface area contributed by atoms with E-state index in [1.54, 1.807) is 36.4 Å². The average molecular weight is 375 g/mol. The maximum absolute atomic E-state index is 13.0. The van der Waals surface area contributed by atoms with Crippen LogP contribution in [0.15, 0.2) is 62.4 Å². The Hall–Kier alpha value is -3.61. The van der Waals surface area contributed by atoms with E-state index >= 15 is 0 Å². The smallest absolute Gasteiger partial charge is 0.230 e. The number of hydrogen-bond acceptors (Lipinski definition) is 5. The van der Waals surface area contributed by atoms with Gasteiger partial charge in [0.15, 0.2) is 22.8 Å². The number of furan rings is 1. The Bertz CT molecular complexity index is 1220. The van der Waals surface area contributed by atoms with Crippen LogP contribution in [0.3, 0.4) is 0 Å². The first-order valence-corrected chi connectivity index (χ1v) is 9.13. The minimum atomic E-state index is -0.343. The minimum absolute atomic E-state index is 0.144. The molecule has 0 radical (unpaired) electrons. The molecule has 0 aliphatic heterocycles. The molecule has 0 unspecified atom stereocenters. The van der Waals surface area contributed by atoms with Gasteiger partial charge in [-0.2, -0.15) is 5.10 Å². The average Bonchev–Trinajstić information content (AvgIpc) is 3.20. The summed E-state index contributed by atoms with van der Waals surface area (Å²) in [6, 6.07) is 12.2. The number of aromatic amines is 1. The van der Waals surface area contributed by atoms with E-state index in [2.05, 4.69) is 15.5 Å². The van der Waals surface area contributed by atoms with Crippen LogP contribution in [0, 0.1) is 0 Å². The van der Waals surface area contributed by atoms with Crippen LogP contribution in [0.2, 0.25) is 0 Å². The first kappa shape index (κ1) is 16.6. The summed E-state index contributed by atoms with van der Waals surface area (Å²) in [4.78, 5) is 25.6. The van der Waals surface area contributed by atoms with Crippen LogP contribution in [0.25, 0.3) is 22.5 Å². The number of amides is 1. The fraction of sp³-hybridized carbons (Fsp3) is 0.190. The van der Waals surface area contributed by atoms with Crippen molar-refractivity contribution in [1.29, 1.82) is 0 Å². The Labute approximate surface area is 159 Å². The van der Waals surface area contributed by atoms with Crippen LogP contribution < -0.4 is 10.7 Å². The van der Waals surface area contributed by atoms with Gasteiger partial charge in [-0.25, -0.2) is 0 Å². The van der Waals surface area contributed by atoms with Crippen molar-refractivity contribution in [2.75, 3.05) is 5.32 Å². The van der Waals surface area contributed by atoms with Crippen molar-refractivity contribution in [3.63, 3.8) is 0 Å².